The third-order valence-electron chi connectivity index (χ3n) is 1.56. The molecule has 0 aromatic heterocycles. The number of nitrogen functional groups attached to an aromatic ring is 1. The molecular formula is C9H9BrClNO2. The van der Waals surface area contributed by atoms with E-state index in [0.29, 0.717) is 16.8 Å². The topological polar surface area (TPSA) is 52.3 Å². The van der Waals surface area contributed by atoms with Gasteiger partial charge in [-0.2, -0.15) is 0 Å². The van der Waals surface area contributed by atoms with Crippen LogP contribution in [0.5, 0.6) is 0 Å². The lowest BCUT2D eigenvalue weighted by atomic mass is 10.2. The van der Waals surface area contributed by atoms with Gasteiger partial charge in [0.2, 0.25) is 0 Å². The zero-order valence-corrected chi connectivity index (χ0v) is 9.85. The summed E-state index contributed by atoms with van der Waals surface area (Å²) in [6, 6.07) is 3.21. The average molecular weight is 279 g/mol. The summed E-state index contributed by atoms with van der Waals surface area (Å²) in [7, 11) is 0. The molecule has 0 saturated carbocycles. The van der Waals surface area contributed by atoms with Gasteiger partial charge in [0.1, 0.15) is 0 Å². The molecule has 0 saturated heterocycles. The van der Waals surface area contributed by atoms with Crippen molar-refractivity contribution in [2.24, 2.45) is 0 Å². The Balaban J connectivity index is 3.13. The van der Waals surface area contributed by atoms with Crippen molar-refractivity contribution in [2.45, 2.75) is 6.92 Å². The predicted molar refractivity (Wildman–Crippen MR) is 59.5 cm³/mol. The third-order valence-corrected chi connectivity index (χ3v) is 2.44. The number of halogens is 2. The van der Waals surface area contributed by atoms with Crippen LogP contribution >= 0.6 is 27.5 Å². The minimum atomic E-state index is -0.467. The first-order chi connectivity index (χ1) is 6.56. The van der Waals surface area contributed by atoms with E-state index in [-0.39, 0.29) is 10.6 Å². The number of benzene rings is 1. The van der Waals surface area contributed by atoms with Gasteiger partial charge >= 0.3 is 5.97 Å². The van der Waals surface area contributed by atoms with Gasteiger partial charge in [-0.25, -0.2) is 4.79 Å². The summed E-state index contributed by atoms with van der Waals surface area (Å²) >= 11 is 9.07. The van der Waals surface area contributed by atoms with Crippen LogP contribution in [0.3, 0.4) is 0 Å². The maximum absolute atomic E-state index is 11.4. The van der Waals surface area contributed by atoms with Crippen molar-refractivity contribution in [3.05, 3.63) is 27.2 Å². The molecule has 0 fully saturated rings. The normalized spacial score (nSPS) is 9.93. The fourth-order valence-corrected chi connectivity index (χ4v) is 1.63. The third kappa shape index (κ3) is 2.39. The number of rotatable bonds is 2. The van der Waals surface area contributed by atoms with Crippen molar-refractivity contribution < 1.29 is 9.53 Å². The number of anilines is 1. The molecule has 0 aliphatic rings. The zero-order chi connectivity index (χ0) is 10.7. The van der Waals surface area contributed by atoms with Crippen LogP contribution in [0, 0.1) is 0 Å². The van der Waals surface area contributed by atoms with E-state index in [1.807, 2.05) is 0 Å². The number of nitrogens with two attached hydrogens (primary N) is 1. The summed E-state index contributed by atoms with van der Waals surface area (Å²) in [4.78, 5) is 11.4. The van der Waals surface area contributed by atoms with E-state index in [1.54, 1.807) is 19.1 Å². The molecular weight excluding hydrogens is 269 g/mol. The van der Waals surface area contributed by atoms with Gasteiger partial charge in [0, 0.05) is 4.47 Å². The highest BCUT2D eigenvalue weighted by Crippen LogP contribution is 2.28. The van der Waals surface area contributed by atoms with Crippen molar-refractivity contribution in [3.8, 4) is 0 Å². The molecule has 14 heavy (non-hydrogen) atoms. The van der Waals surface area contributed by atoms with Crippen molar-refractivity contribution in [2.75, 3.05) is 12.3 Å². The highest BCUT2D eigenvalue weighted by Gasteiger charge is 2.14. The molecule has 1 aromatic carbocycles. The summed E-state index contributed by atoms with van der Waals surface area (Å²) in [6.45, 7) is 2.04. The SMILES string of the molecule is CCOC(=O)c1cc(Br)cc(N)c1Cl. The Morgan fingerprint density at radius 3 is 2.86 bits per heavy atom. The van der Waals surface area contributed by atoms with Crippen LogP contribution in [0.15, 0.2) is 16.6 Å². The molecule has 0 atom stereocenters. The van der Waals surface area contributed by atoms with E-state index < -0.39 is 5.97 Å². The van der Waals surface area contributed by atoms with Crippen molar-refractivity contribution >= 4 is 39.2 Å². The number of carbonyl (C=O) groups excluding carboxylic acids is 1. The highest BCUT2D eigenvalue weighted by molar-refractivity contribution is 9.10. The molecule has 1 aromatic rings. The second-order valence-electron chi connectivity index (χ2n) is 2.58. The Morgan fingerprint density at radius 2 is 2.29 bits per heavy atom. The van der Waals surface area contributed by atoms with Crippen LogP contribution in [0.1, 0.15) is 17.3 Å². The Kier molecular flexibility index (Phi) is 3.77. The van der Waals surface area contributed by atoms with Gasteiger partial charge in [-0.15, -0.1) is 0 Å². The zero-order valence-electron chi connectivity index (χ0n) is 7.51. The summed E-state index contributed by atoms with van der Waals surface area (Å²) in [5.74, 6) is -0.467. The first kappa shape index (κ1) is 11.3. The Hall–Kier alpha value is -0.740. The van der Waals surface area contributed by atoms with Crippen LogP contribution in [0.25, 0.3) is 0 Å². The maximum atomic E-state index is 11.4. The molecule has 5 heteroatoms. The fraction of sp³-hybridized carbons (Fsp3) is 0.222. The second-order valence-corrected chi connectivity index (χ2v) is 3.87. The molecule has 76 valence electrons. The van der Waals surface area contributed by atoms with E-state index in [4.69, 9.17) is 22.1 Å². The van der Waals surface area contributed by atoms with Gasteiger partial charge in [0.15, 0.2) is 0 Å². The Morgan fingerprint density at radius 1 is 1.64 bits per heavy atom. The molecule has 0 unspecified atom stereocenters. The van der Waals surface area contributed by atoms with Gasteiger partial charge < -0.3 is 10.5 Å². The van der Waals surface area contributed by atoms with Crippen LogP contribution in [0.2, 0.25) is 5.02 Å². The summed E-state index contributed by atoms with van der Waals surface area (Å²) in [5.41, 5.74) is 6.21. The maximum Gasteiger partial charge on any atom is 0.339 e. The van der Waals surface area contributed by atoms with Gasteiger partial charge in [-0.1, -0.05) is 27.5 Å². The van der Waals surface area contributed by atoms with Gasteiger partial charge in [0.05, 0.1) is 22.9 Å². The summed E-state index contributed by atoms with van der Waals surface area (Å²) in [6.07, 6.45) is 0. The Bertz CT molecular complexity index is 368. The van der Waals surface area contributed by atoms with E-state index in [2.05, 4.69) is 15.9 Å². The predicted octanol–water partition coefficient (Wildman–Crippen LogP) is 2.86. The van der Waals surface area contributed by atoms with E-state index in [9.17, 15) is 4.79 Å². The quantitative estimate of drug-likeness (QED) is 0.668. The molecule has 0 radical (unpaired) electrons. The minimum absolute atomic E-state index is 0.228. The first-order valence-electron chi connectivity index (χ1n) is 3.98. The molecule has 1 rings (SSSR count). The minimum Gasteiger partial charge on any atom is -0.462 e. The molecule has 0 bridgehead atoms. The molecule has 0 amide bonds. The lowest BCUT2D eigenvalue weighted by Crippen LogP contribution is -2.06. The van der Waals surface area contributed by atoms with Gasteiger partial charge in [0.25, 0.3) is 0 Å². The monoisotopic (exact) mass is 277 g/mol. The number of hydrogen-bond donors (Lipinski definition) is 1. The van der Waals surface area contributed by atoms with Crippen molar-refractivity contribution in [1.82, 2.24) is 0 Å². The molecule has 2 N–H and O–H groups in total. The van der Waals surface area contributed by atoms with Crippen molar-refractivity contribution in [3.63, 3.8) is 0 Å². The largest absolute Gasteiger partial charge is 0.462 e. The first-order valence-corrected chi connectivity index (χ1v) is 5.15. The smallest absolute Gasteiger partial charge is 0.339 e. The number of esters is 1. The number of carbonyl (C=O) groups is 1. The van der Waals surface area contributed by atoms with E-state index in [0.717, 1.165) is 0 Å². The number of ether oxygens (including phenoxy) is 1. The van der Waals surface area contributed by atoms with Crippen LogP contribution < -0.4 is 5.73 Å². The lowest BCUT2D eigenvalue weighted by molar-refractivity contribution is 0.0526. The van der Waals surface area contributed by atoms with Gasteiger partial charge in [-0.3, -0.25) is 0 Å². The molecule has 3 nitrogen and oxygen atoms in total. The van der Waals surface area contributed by atoms with E-state index >= 15 is 0 Å². The Labute approximate surface area is 95.3 Å². The lowest BCUT2D eigenvalue weighted by Gasteiger charge is -2.06. The fourth-order valence-electron chi connectivity index (χ4n) is 0.968. The summed E-state index contributed by atoms with van der Waals surface area (Å²) in [5, 5.41) is 0.228. The summed E-state index contributed by atoms with van der Waals surface area (Å²) < 4.78 is 5.52. The molecule has 0 aliphatic heterocycles. The van der Waals surface area contributed by atoms with Crippen LogP contribution in [-0.2, 0) is 4.74 Å². The van der Waals surface area contributed by atoms with E-state index in [1.165, 1.54) is 0 Å². The standard InChI is InChI=1S/C9H9BrClNO2/c1-2-14-9(13)6-3-5(10)4-7(12)8(6)11/h3-4H,2,12H2,1H3. The van der Waals surface area contributed by atoms with Crippen molar-refractivity contribution in [1.29, 1.82) is 0 Å². The van der Waals surface area contributed by atoms with Crippen LogP contribution in [0.4, 0.5) is 5.69 Å². The number of hydrogen-bond acceptors (Lipinski definition) is 3. The molecule has 0 heterocycles. The second kappa shape index (κ2) is 4.66. The average Bonchev–Trinajstić information content (AvgIpc) is 2.11. The molecule has 0 aliphatic carbocycles. The molecule has 0 spiro atoms. The van der Waals surface area contributed by atoms with Gasteiger partial charge in [-0.05, 0) is 19.1 Å². The highest BCUT2D eigenvalue weighted by atomic mass is 79.9. The van der Waals surface area contributed by atoms with Crippen LogP contribution in [-0.4, -0.2) is 12.6 Å².